The third-order valence-corrected chi connectivity index (χ3v) is 5.64. The Labute approximate surface area is 103 Å². The molecular weight excluding hydrogens is 216 g/mol. The monoisotopic (exact) mass is 240 g/mol. The summed E-state index contributed by atoms with van der Waals surface area (Å²) in [5.41, 5.74) is -0.747. The molecule has 3 rings (SSSR count). The fourth-order valence-corrected chi connectivity index (χ4v) is 4.56. The molecule has 3 fully saturated rings. The minimum Gasteiger partial charge on any atom is -0.396 e. The third kappa shape index (κ3) is 1.52. The highest BCUT2D eigenvalue weighted by atomic mass is 16.6. The predicted molar refractivity (Wildman–Crippen MR) is 64.5 cm³/mol. The summed E-state index contributed by atoms with van der Waals surface area (Å²) in [5, 5.41) is 20.4. The Balaban J connectivity index is 1.90. The highest BCUT2D eigenvalue weighted by Gasteiger charge is 2.71. The van der Waals surface area contributed by atoms with Crippen LogP contribution in [0.5, 0.6) is 0 Å². The molecule has 0 amide bonds. The van der Waals surface area contributed by atoms with Crippen LogP contribution in [0.4, 0.5) is 0 Å². The van der Waals surface area contributed by atoms with Gasteiger partial charge in [0.1, 0.15) is 6.10 Å². The van der Waals surface area contributed by atoms with Crippen molar-refractivity contribution < 1.29 is 14.9 Å². The summed E-state index contributed by atoms with van der Waals surface area (Å²) < 4.78 is 5.83. The van der Waals surface area contributed by atoms with Gasteiger partial charge in [-0.15, -0.1) is 0 Å². The van der Waals surface area contributed by atoms with Crippen molar-refractivity contribution in [3.8, 4) is 0 Å². The molecule has 1 heterocycles. The van der Waals surface area contributed by atoms with Gasteiger partial charge in [0.25, 0.3) is 0 Å². The van der Waals surface area contributed by atoms with E-state index >= 15 is 0 Å². The molecule has 98 valence electrons. The number of hydrogen-bond acceptors (Lipinski definition) is 3. The van der Waals surface area contributed by atoms with Gasteiger partial charge in [-0.05, 0) is 56.8 Å². The SMILES string of the molecule is C[C@H]1CC[C@H](CCO)[C@]2(O)[C@@H]1CC[C@@]1(C)O[C@@H]21. The van der Waals surface area contributed by atoms with E-state index < -0.39 is 5.60 Å². The normalized spacial score (nSPS) is 57.2. The number of ether oxygens (including phenoxy) is 1. The molecule has 3 aliphatic rings. The van der Waals surface area contributed by atoms with E-state index in [0.29, 0.717) is 11.8 Å². The van der Waals surface area contributed by atoms with Crippen LogP contribution in [0.3, 0.4) is 0 Å². The molecule has 2 aliphatic carbocycles. The molecule has 0 aromatic heterocycles. The first kappa shape index (κ1) is 11.9. The van der Waals surface area contributed by atoms with Gasteiger partial charge in [0, 0.05) is 6.61 Å². The summed E-state index contributed by atoms with van der Waals surface area (Å²) >= 11 is 0. The van der Waals surface area contributed by atoms with Gasteiger partial charge in [0.15, 0.2) is 0 Å². The summed E-state index contributed by atoms with van der Waals surface area (Å²) in [7, 11) is 0. The fourth-order valence-electron chi connectivity index (χ4n) is 4.56. The van der Waals surface area contributed by atoms with Gasteiger partial charge >= 0.3 is 0 Å². The van der Waals surface area contributed by atoms with Crippen LogP contribution in [-0.2, 0) is 4.74 Å². The molecule has 0 bridgehead atoms. The van der Waals surface area contributed by atoms with E-state index in [1.54, 1.807) is 0 Å². The minimum absolute atomic E-state index is 0.0213. The number of aliphatic hydroxyl groups excluding tert-OH is 1. The van der Waals surface area contributed by atoms with Crippen LogP contribution in [-0.4, -0.2) is 34.1 Å². The van der Waals surface area contributed by atoms with Crippen LogP contribution in [0.25, 0.3) is 0 Å². The molecular formula is C14H24O3. The Hall–Kier alpha value is -0.120. The Kier molecular flexibility index (Phi) is 2.59. The molecule has 1 aliphatic heterocycles. The number of hydrogen-bond donors (Lipinski definition) is 2. The summed E-state index contributed by atoms with van der Waals surface area (Å²) in [6.07, 6.45) is 5.11. The van der Waals surface area contributed by atoms with Crippen molar-refractivity contribution in [2.24, 2.45) is 17.8 Å². The molecule has 0 radical (unpaired) electrons. The first-order chi connectivity index (χ1) is 8.02. The van der Waals surface area contributed by atoms with Gasteiger partial charge in [0.05, 0.1) is 11.2 Å². The summed E-state index contributed by atoms with van der Waals surface area (Å²) in [6.45, 7) is 4.56. The lowest BCUT2D eigenvalue weighted by atomic mass is 9.56. The molecule has 2 saturated carbocycles. The average Bonchev–Trinajstić information content (AvgIpc) is 2.97. The van der Waals surface area contributed by atoms with Gasteiger partial charge in [-0.2, -0.15) is 0 Å². The smallest absolute Gasteiger partial charge is 0.116 e. The molecule has 3 nitrogen and oxygen atoms in total. The van der Waals surface area contributed by atoms with Crippen molar-refractivity contribution in [2.45, 2.75) is 63.3 Å². The van der Waals surface area contributed by atoms with Crippen molar-refractivity contribution >= 4 is 0 Å². The second-order valence-corrected chi connectivity index (χ2v) is 6.61. The van der Waals surface area contributed by atoms with E-state index in [9.17, 15) is 10.2 Å². The largest absolute Gasteiger partial charge is 0.396 e. The standard InChI is InChI=1S/C14H24O3/c1-9-3-4-10(6-8-15)14(16)11(9)5-7-13(2)12(14)17-13/h9-12,15-16H,3-8H2,1-2H3/t9-,10+,11+,12+,13+,14-/m0/s1. The van der Waals surface area contributed by atoms with Crippen LogP contribution < -0.4 is 0 Å². The molecule has 0 unspecified atom stereocenters. The maximum Gasteiger partial charge on any atom is 0.116 e. The lowest BCUT2D eigenvalue weighted by Gasteiger charge is -2.51. The maximum atomic E-state index is 11.2. The molecule has 17 heavy (non-hydrogen) atoms. The zero-order valence-corrected chi connectivity index (χ0v) is 10.9. The Bertz CT molecular complexity index is 319. The van der Waals surface area contributed by atoms with Gasteiger partial charge in [-0.25, -0.2) is 0 Å². The molecule has 6 atom stereocenters. The number of aliphatic hydroxyl groups is 2. The van der Waals surface area contributed by atoms with Crippen LogP contribution in [0.2, 0.25) is 0 Å². The number of rotatable bonds is 2. The van der Waals surface area contributed by atoms with Gasteiger partial charge in [-0.1, -0.05) is 6.92 Å². The van der Waals surface area contributed by atoms with E-state index in [2.05, 4.69) is 13.8 Å². The summed E-state index contributed by atoms with van der Waals surface area (Å²) in [5.74, 6) is 1.18. The zero-order chi connectivity index (χ0) is 12.3. The molecule has 2 N–H and O–H groups in total. The predicted octanol–water partition coefficient (Wildman–Crippen LogP) is 1.71. The van der Waals surface area contributed by atoms with Crippen molar-refractivity contribution in [3.63, 3.8) is 0 Å². The Morgan fingerprint density at radius 1 is 1.29 bits per heavy atom. The zero-order valence-electron chi connectivity index (χ0n) is 10.9. The van der Waals surface area contributed by atoms with E-state index in [1.807, 2.05) is 0 Å². The molecule has 1 saturated heterocycles. The lowest BCUT2D eigenvalue weighted by Crippen LogP contribution is -2.58. The summed E-state index contributed by atoms with van der Waals surface area (Å²) in [4.78, 5) is 0. The number of epoxide rings is 1. The topological polar surface area (TPSA) is 53.0 Å². The second-order valence-electron chi connectivity index (χ2n) is 6.61. The average molecular weight is 240 g/mol. The number of fused-ring (bicyclic) bond motifs is 3. The first-order valence-electron chi connectivity index (χ1n) is 7.03. The van der Waals surface area contributed by atoms with Crippen LogP contribution in [0.15, 0.2) is 0 Å². The Morgan fingerprint density at radius 2 is 2.06 bits per heavy atom. The molecule has 0 aromatic rings. The van der Waals surface area contributed by atoms with Gasteiger partial charge < -0.3 is 14.9 Å². The highest BCUT2D eigenvalue weighted by Crippen LogP contribution is 2.61. The van der Waals surface area contributed by atoms with E-state index in [0.717, 1.165) is 25.7 Å². The van der Waals surface area contributed by atoms with Crippen LogP contribution >= 0.6 is 0 Å². The van der Waals surface area contributed by atoms with Crippen LogP contribution in [0, 0.1) is 17.8 Å². The van der Waals surface area contributed by atoms with Crippen molar-refractivity contribution in [1.29, 1.82) is 0 Å². The second kappa shape index (κ2) is 3.69. The van der Waals surface area contributed by atoms with Crippen molar-refractivity contribution in [1.82, 2.24) is 0 Å². The minimum atomic E-state index is -0.673. The van der Waals surface area contributed by atoms with E-state index in [4.69, 9.17) is 4.74 Å². The summed E-state index contributed by atoms with van der Waals surface area (Å²) in [6, 6.07) is 0. The van der Waals surface area contributed by atoms with Crippen molar-refractivity contribution in [3.05, 3.63) is 0 Å². The van der Waals surface area contributed by atoms with Crippen LogP contribution in [0.1, 0.15) is 46.0 Å². The first-order valence-corrected chi connectivity index (χ1v) is 7.03. The quantitative estimate of drug-likeness (QED) is 0.723. The molecule has 0 aromatic carbocycles. The third-order valence-electron chi connectivity index (χ3n) is 5.64. The van der Waals surface area contributed by atoms with Gasteiger partial charge in [0.2, 0.25) is 0 Å². The Morgan fingerprint density at radius 3 is 2.76 bits per heavy atom. The van der Waals surface area contributed by atoms with Crippen molar-refractivity contribution in [2.75, 3.05) is 6.61 Å². The van der Waals surface area contributed by atoms with E-state index in [1.165, 1.54) is 6.42 Å². The highest BCUT2D eigenvalue weighted by molar-refractivity contribution is 5.19. The maximum absolute atomic E-state index is 11.2. The lowest BCUT2D eigenvalue weighted by molar-refractivity contribution is -0.143. The van der Waals surface area contributed by atoms with E-state index in [-0.39, 0.29) is 24.2 Å². The molecule has 0 spiro atoms. The van der Waals surface area contributed by atoms with Gasteiger partial charge in [-0.3, -0.25) is 0 Å². The fraction of sp³-hybridized carbons (Fsp3) is 1.00. The molecule has 3 heteroatoms.